The number of hydrogen-bond acceptors (Lipinski definition) is 3. The van der Waals surface area contributed by atoms with Crippen LogP contribution in [0.5, 0.6) is 0 Å². The van der Waals surface area contributed by atoms with Gasteiger partial charge in [0.2, 0.25) is 0 Å². The number of nitrogens with one attached hydrogen (secondary N) is 1. The molecule has 0 aromatic carbocycles. The normalized spacial score (nSPS) is 26.2. The summed E-state index contributed by atoms with van der Waals surface area (Å²) in [6, 6.07) is 0. The van der Waals surface area contributed by atoms with Crippen LogP contribution in [0.25, 0.3) is 0 Å². The van der Waals surface area contributed by atoms with Gasteiger partial charge in [0, 0.05) is 16.0 Å². The van der Waals surface area contributed by atoms with Gasteiger partial charge in [0.05, 0.1) is 0 Å². The molecule has 0 aliphatic carbocycles. The molecule has 1 rings (SSSR count). The molecule has 1 aliphatic heterocycles. The van der Waals surface area contributed by atoms with Crippen LogP contribution in [-0.2, 0) is 0 Å². The fourth-order valence-corrected chi connectivity index (χ4v) is 1.83. The number of hydrogen-bond donors (Lipinski definition) is 1. The van der Waals surface area contributed by atoms with Crippen LogP contribution in [0.15, 0.2) is 10.6 Å². The summed E-state index contributed by atoms with van der Waals surface area (Å²) >= 11 is 6.57. The monoisotopic (exact) mass is 159 g/mol. The van der Waals surface area contributed by atoms with Crippen LogP contribution in [0, 0.1) is 0 Å². The van der Waals surface area contributed by atoms with Gasteiger partial charge in [0.15, 0.2) is 0 Å². The Hall–Kier alpha value is -0.0200. The Morgan fingerprint density at radius 3 is 2.56 bits per heavy atom. The maximum absolute atomic E-state index is 4.78. The van der Waals surface area contributed by atoms with Gasteiger partial charge in [0.25, 0.3) is 0 Å². The number of thioether (sulfide) groups is 1. The summed E-state index contributed by atoms with van der Waals surface area (Å²) in [5.41, 5.74) is 1.26. The molecule has 0 aromatic heterocycles. The molecule has 0 saturated heterocycles. The fraction of sp³-hybridized carbons (Fsp3) is 0.500. The van der Waals surface area contributed by atoms with Gasteiger partial charge >= 0.3 is 0 Å². The maximum atomic E-state index is 4.78. The molecular weight excluding hydrogens is 150 g/mol. The molecule has 1 heterocycles. The van der Waals surface area contributed by atoms with E-state index in [9.17, 15) is 0 Å². The molecule has 1 nitrogen and oxygen atoms in total. The minimum absolute atomic E-state index is 0.333. The molecule has 50 valence electrons. The van der Waals surface area contributed by atoms with Crippen LogP contribution < -0.4 is 5.32 Å². The molecule has 0 amide bonds. The van der Waals surface area contributed by atoms with Gasteiger partial charge in [-0.2, -0.15) is 0 Å². The van der Waals surface area contributed by atoms with E-state index in [0.717, 1.165) is 0 Å². The van der Waals surface area contributed by atoms with Crippen molar-refractivity contribution in [3.63, 3.8) is 0 Å². The molecule has 0 bridgehead atoms. The van der Waals surface area contributed by atoms with Gasteiger partial charge in [0.1, 0.15) is 5.37 Å². The van der Waals surface area contributed by atoms with Gasteiger partial charge in [-0.25, -0.2) is 0 Å². The lowest BCUT2D eigenvalue weighted by molar-refractivity contribution is 0.917. The second-order valence-electron chi connectivity index (χ2n) is 2.00. The fourth-order valence-electron chi connectivity index (χ4n) is 0.685. The van der Waals surface area contributed by atoms with Crippen LogP contribution in [0.3, 0.4) is 0 Å². The quantitative estimate of drug-likeness (QED) is 0.587. The summed E-state index contributed by atoms with van der Waals surface area (Å²) in [5, 5.41) is 5.32. The summed E-state index contributed by atoms with van der Waals surface area (Å²) in [4.78, 5) is 1.35. The molecule has 0 spiro atoms. The first-order valence-corrected chi connectivity index (χ1v) is 4.15. The molecular formula is C6H9NS2. The first-order chi connectivity index (χ1) is 4.24. The molecule has 1 atom stereocenters. The van der Waals surface area contributed by atoms with E-state index in [1.54, 1.807) is 17.1 Å². The van der Waals surface area contributed by atoms with E-state index >= 15 is 0 Å². The third-order valence-corrected chi connectivity index (χ3v) is 2.93. The van der Waals surface area contributed by atoms with E-state index in [4.69, 9.17) is 12.2 Å². The average Bonchev–Trinajstić information content (AvgIpc) is 2.13. The smallest absolute Gasteiger partial charge is 0.105 e. The zero-order valence-corrected chi connectivity index (χ0v) is 7.10. The van der Waals surface area contributed by atoms with Gasteiger partial charge < -0.3 is 5.32 Å². The predicted molar refractivity (Wildman–Crippen MR) is 46.5 cm³/mol. The topological polar surface area (TPSA) is 12.0 Å². The lowest BCUT2D eigenvalue weighted by atomic mass is 10.4. The van der Waals surface area contributed by atoms with Crippen molar-refractivity contribution in [3.8, 4) is 0 Å². The third-order valence-electron chi connectivity index (χ3n) is 1.31. The first-order valence-electron chi connectivity index (χ1n) is 2.80. The number of rotatable bonds is 1. The Balaban J connectivity index is 2.58. The average molecular weight is 159 g/mol. The summed E-state index contributed by atoms with van der Waals surface area (Å²) in [7, 11) is 0. The highest BCUT2D eigenvalue weighted by molar-refractivity contribution is 8.05. The molecule has 0 aromatic rings. The van der Waals surface area contributed by atoms with Crippen LogP contribution in [-0.4, -0.2) is 10.7 Å². The molecule has 0 fully saturated rings. The Morgan fingerprint density at radius 2 is 2.33 bits per heavy atom. The van der Waals surface area contributed by atoms with Gasteiger partial charge in [-0.05, 0) is 13.8 Å². The highest BCUT2D eigenvalue weighted by atomic mass is 32.2. The minimum Gasteiger partial charge on any atom is -0.372 e. The molecule has 1 aliphatic rings. The van der Waals surface area contributed by atoms with Crippen molar-refractivity contribution < 1.29 is 0 Å². The van der Waals surface area contributed by atoms with E-state index in [-0.39, 0.29) is 0 Å². The molecule has 1 N–H and O–H groups in total. The molecule has 0 saturated carbocycles. The summed E-state index contributed by atoms with van der Waals surface area (Å²) in [6.45, 7) is 4.17. The lowest BCUT2D eigenvalue weighted by Gasteiger charge is -2.01. The van der Waals surface area contributed by atoms with Crippen molar-refractivity contribution in [1.29, 1.82) is 0 Å². The molecule has 1 unspecified atom stereocenters. The largest absolute Gasteiger partial charge is 0.372 e. The lowest BCUT2D eigenvalue weighted by Crippen LogP contribution is -2.18. The van der Waals surface area contributed by atoms with E-state index in [1.807, 2.05) is 0 Å². The zero-order chi connectivity index (χ0) is 6.85. The first kappa shape index (κ1) is 7.09. The van der Waals surface area contributed by atoms with Crippen LogP contribution >= 0.6 is 24.0 Å². The van der Waals surface area contributed by atoms with Crippen molar-refractivity contribution in [3.05, 3.63) is 10.6 Å². The van der Waals surface area contributed by atoms with Crippen LogP contribution in [0.2, 0.25) is 0 Å². The van der Waals surface area contributed by atoms with Crippen LogP contribution in [0.1, 0.15) is 13.8 Å². The van der Waals surface area contributed by atoms with Gasteiger partial charge in [-0.3, -0.25) is 0 Å². The van der Waals surface area contributed by atoms with Gasteiger partial charge in [-0.1, -0.05) is 24.0 Å². The molecule has 3 heteroatoms. The Morgan fingerprint density at radius 1 is 1.67 bits per heavy atom. The Bertz CT molecular complexity index is 148. The van der Waals surface area contributed by atoms with Crippen molar-refractivity contribution in [2.45, 2.75) is 19.2 Å². The van der Waals surface area contributed by atoms with E-state index in [1.165, 1.54) is 10.6 Å². The number of thiocarbonyl (C=S) groups is 1. The maximum Gasteiger partial charge on any atom is 0.105 e. The highest BCUT2D eigenvalue weighted by Crippen LogP contribution is 2.27. The van der Waals surface area contributed by atoms with Crippen LogP contribution in [0.4, 0.5) is 0 Å². The summed E-state index contributed by atoms with van der Waals surface area (Å²) in [5.74, 6) is 0. The Kier molecular flexibility index (Phi) is 2.13. The standard InChI is InChI=1S/C6H9NS2/c1-4-5(2)9-6(3-8)7-4/h3,6-7H,1-2H3. The van der Waals surface area contributed by atoms with E-state index < -0.39 is 0 Å². The molecule has 9 heavy (non-hydrogen) atoms. The number of allylic oxidation sites excluding steroid dienone is 2. The van der Waals surface area contributed by atoms with Crippen molar-refractivity contribution >= 4 is 29.3 Å². The predicted octanol–water partition coefficient (Wildman–Crippen LogP) is 1.90. The second-order valence-corrected chi connectivity index (χ2v) is 3.63. The van der Waals surface area contributed by atoms with E-state index in [0.29, 0.717) is 5.37 Å². The Labute approximate surface area is 64.9 Å². The minimum atomic E-state index is 0.333. The van der Waals surface area contributed by atoms with Crippen molar-refractivity contribution in [1.82, 2.24) is 5.32 Å². The summed E-state index contributed by atoms with van der Waals surface area (Å²) < 4.78 is 0. The third kappa shape index (κ3) is 1.46. The van der Waals surface area contributed by atoms with Crippen molar-refractivity contribution in [2.24, 2.45) is 0 Å². The summed E-state index contributed by atoms with van der Waals surface area (Å²) in [6.07, 6.45) is 0. The zero-order valence-electron chi connectivity index (χ0n) is 5.47. The van der Waals surface area contributed by atoms with Gasteiger partial charge in [-0.15, -0.1) is 0 Å². The second kappa shape index (κ2) is 2.71. The SMILES string of the molecule is CC1=C(C)SC(C=S)N1. The van der Waals surface area contributed by atoms with E-state index in [2.05, 4.69) is 19.2 Å². The highest BCUT2D eigenvalue weighted by Gasteiger charge is 2.14. The van der Waals surface area contributed by atoms with Crippen molar-refractivity contribution in [2.75, 3.05) is 0 Å². The molecule has 0 radical (unpaired) electrons.